The number of carboxylic acid groups (broad SMARTS) is 1. The SMILES string of the molecule is O=C(O)CC1CCCc2c3c(n([C@@H](CCc4ccccc4)c4ccc(C(F)(F)F)cc4)c21)CCCC3. The number of aryl methyl sites for hydroxylation is 1. The summed E-state index contributed by atoms with van der Waals surface area (Å²) in [7, 11) is 0. The molecule has 0 bridgehead atoms. The molecule has 190 valence electrons. The Kier molecular flexibility index (Phi) is 6.96. The van der Waals surface area contributed by atoms with Gasteiger partial charge in [-0.2, -0.15) is 13.2 Å². The molecule has 1 heterocycles. The molecule has 0 saturated heterocycles. The van der Waals surface area contributed by atoms with Crippen LogP contribution in [0.3, 0.4) is 0 Å². The van der Waals surface area contributed by atoms with Gasteiger partial charge < -0.3 is 9.67 Å². The maximum absolute atomic E-state index is 13.3. The van der Waals surface area contributed by atoms with E-state index in [2.05, 4.69) is 16.7 Å². The lowest BCUT2D eigenvalue weighted by Gasteiger charge is -2.31. The van der Waals surface area contributed by atoms with Gasteiger partial charge in [-0.1, -0.05) is 42.5 Å². The molecule has 0 spiro atoms. The highest BCUT2D eigenvalue weighted by Gasteiger charge is 2.36. The molecule has 5 rings (SSSR count). The fourth-order valence-electron chi connectivity index (χ4n) is 6.36. The highest BCUT2D eigenvalue weighted by molar-refractivity contribution is 5.68. The number of carboxylic acids is 1. The third kappa shape index (κ3) is 4.95. The number of hydrogen-bond donors (Lipinski definition) is 1. The van der Waals surface area contributed by atoms with Crippen molar-refractivity contribution in [2.24, 2.45) is 0 Å². The summed E-state index contributed by atoms with van der Waals surface area (Å²) < 4.78 is 42.4. The Morgan fingerprint density at radius 1 is 0.944 bits per heavy atom. The quantitative estimate of drug-likeness (QED) is 0.369. The average Bonchev–Trinajstić information content (AvgIpc) is 3.20. The molecule has 36 heavy (non-hydrogen) atoms. The second kappa shape index (κ2) is 10.2. The van der Waals surface area contributed by atoms with E-state index in [1.807, 2.05) is 18.2 Å². The maximum Gasteiger partial charge on any atom is 0.416 e. The van der Waals surface area contributed by atoms with Crippen LogP contribution >= 0.6 is 0 Å². The summed E-state index contributed by atoms with van der Waals surface area (Å²) >= 11 is 0. The minimum Gasteiger partial charge on any atom is -0.481 e. The van der Waals surface area contributed by atoms with Crippen LogP contribution < -0.4 is 0 Å². The van der Waals surface area contributed by atoms with Crippen LogP contribution in [-0.4, -0.2) is 15.6 Å². The largest absolute Gasteiger partial charge is 0.481 e. The first-order valence-corrected chi connectivity index (χ1v) is 13.0. The first kappa shape index (κ1) is 24.7. The second-order valence-corrected chi connectivity index (χ2v) is 10.2. The number of fused-ring (bicyclic) bond motifs is 3. The molecule has 2 aromatic carbocycles. The van der Waals surface area contributed by atoms with E-state index in [-0.39, 0.29) is 18.4 Å². The van der Waals surface area contributed by atoms with Crippen LogP contribution in [0, 0.1) is 0 Å². The van der Waals surface area contributed by atoms with E-state index in [1.165, 1.54) is 34.5 Å². The van der Waals surface area contributed by atoms with E-state index in [9.17, 15) is 23.1 Å². The molecule has 0 fully saturated rings. The minimum absolute atomic E-state index is 0.0643. The van der Waals surface area contributed by atoms with Gasteiger partial charge in [0.15, 0.2) is 0 Å². The van der Waals surface area contributed by atoms with Crippen molar-refractivity contribution < 1.29 is 23.1 Å². The zero-order valence-electron chi connectivity index (χ0n) is 20.4. The van der Waals surface area contributed by atoms with Crippen molar-refractivity contribution >= 4 is 5.97 Å². The van der Waals surface area contributed by atoms with Crippen molar-refractivity contribution in [1.82, 2.24) is 4.57 Å². The van der Waals surface area contributed by atoms with Crippen molar-refractivity contribution in [1.29, 1.82) is 0 Å². The molecular weight excluding hydrogens is 463 g/mol. The van der Waals surface area contributed by atoms with E-state index in [0.29, 0.717) is 0 Å². The molecule has 1 aromatic heterocycles. The smallest absolute Gasteiger partial charge is 0.416 e. The summed E-state index contributed by atoms with van der Waals surface area (Å²) in [5.41, 5.74) is 6.50. The van der Waals surface area contributed by atoms with Gasteiger partial charge in [0.25, 0.3) is 0 Å². The number of halogens is 3. The summed E-state index contributed by atoms with van der Waals surface area (Å²) in [6, 6.07) is 15.6. The molecular formula is C30H32F3NO2. The molecule has 1 unspecified atom stereocenters. The monoisotopic (exact) mass is 495 g/mol. The molecule has 2 atom stereocenters. The molecule has 0 radical (unpaired) electrons. The predicted molar refractivity (Wildman–Crippen MR) is 133 cm³/mol. The van der Waals surface area contributed by atoms with Crippen LogP contribution in [0.25, 0.3) is 0 Å². The van der Waals surface area contributed by atoms with Gasteiger partial charge in [0, 0.05) is 17.3 Å². The third-order valence-corrected chi connectivity index (χ3v) is 7.93. The number of aliphatic carboxylic acids is 1. The Morgan fingerprint density at radius 2 is 1.64 bits per heavy atom. The fraction of sp³-hybridized carbons (Fsp3) is 0.433. The Labute approximate surface area is 210 Å². The van der Waals surface area contributed by atoms with E-state index in [1.54, 1.807) is 12.1 Å². The van der Waals surface area contributed by atoms with Gasteiger partial charge in [0.2, 0.25) is 0 Å². The summed E-state index contributed by atoms with van der Waals surface area (Å²) in [6.07, 6.45) is 4.16. The molecule has 2 aliphatic rings. The Balaban J connectivity index is 1.63. The molecule has 0 saturated carbocycles. The van der Waals surface area contributed by atoms with Crippen LogP contribution in [0.1, 0.15) is 89.7 Å². The van der Waals surface area contributed by atoms with Gasteiger partial charge in [-0.3, -0.25) is 4.79 Å². The van der Waals surface area contributed by atoms with E-state index < -0.39 is 17.7 Å². The van der Waals surface area contributed by atoms with Crippen LogP contribution in [0.5, 0.6) is 0 Å². The molecule has 2 aliphatic carbocycles. The molecule has 3 nitrogen and oxygen atoms in total. The van der Waals surface area contributed by atoms with Crippen molar-refractivity contribution in [2.45, 2.75) is 82.3 Å². The van der Waals surface area contributed by atoms with Crippen LogP contribution in [0.2, 0.25) is 0 Å². The molecule has 0 aliphatic heterocycles. The number of alkyl halides is 3. The fourth-order valence-corrected chi connectivity index (χ4v) is 6.36. The van der Waals surface area contributed by atoms with Gasteiger partial charge in [0.1, 0.15) is 0 Å². The first-order chi connectivity index (χ1) is 17.3. The van der Waals surface area contributed by atoms with E-state index >= 15 is 0 Å². The van der Waals surface area contributed by atoms with Gasteiger partial charge in [0.05, 0.1) is 18.0 Å². The topological polar surface area (TPSA) is 42.2 Å². The van der Waals surface area contributed by atoms with Crippen molar-refractivity contribution in [3.8, 4) is 0 Å². The lowest BCUT2D eigenvalue weighted by molar-refractivity contribution is -0.138. The lowest BCUT2D eigenvalue weighted by atomic mass is 9.82. The standard InChI is InChI=1S/C30H32F3NO2/c31-30(32,33)23-16-14-21(15-17-23)26(18-13-20-7-2-1-3-8-20)34-27-12-5-4-10-24(27)25-11-6-9-22(29(25)34)19-28(35)36/h1-3,7-8,14-17,22,26H,4-6,9-13,18-19H2,(H,35,36)/t22?,26-/m0/s1. The lowest BCUT2D eigenvalue weighted by Crippen LogP contribution is -2.23. The Morgan fingerprint density at radius 3 is 2.33 bits per heavy atom. The third-order valence-electron chi connectivity index (χ3n) is 7.93. The van der Waals surface area contributed by atoms with Crippen LogP contribution in [0.4, 0.5) is 13.2 Å². The normalized spacial score (nSPS) is 18.4. The summed E-state index contributed by atoms with van der Waals surface area (Å²) in [5.74, 6) is -0.862. The second-order valence-electron chi connectivity index (χ2n) is 10.2. The van der Waals surface area contributed by atoms with E-state index in [4.69, 9.17) is 0 Å². The highest BCUT2D eigenvalue weighted by Crippen LogP contribution is 2.45. The molecule has 0 amide bonds. The summed E-state index contributed by atoms with van der Waals surface area (Å²) in [5, 5.41) is 9.68. The van der Waals surface area contributed by atoms with Crippen LogP contribution in [0.15, 0.2) is 54.6 Å². The van der Waals surface area contributed by atoms with E-state index in [0.717, 1.165) is 69.0 Å². The highest BCUT2D eigenvalue weighted by atomic mass is 19.4. The number of benzene rings is 2. The number of aromatic nitrogens is 1. The van der Waals surface area contributed by atoms with Gasteiger partial charge in [-0.15, -0.1) is 0 Å². The molecule has 6 heteroatoms. The van der Waals surface area contributed by atoms with Gasteiger partial charge in [-0.05, 0) is 92.2 Å². The maximum atomic E-state index is 13.3. The molecule has 3 aromatic rings. The van der Waals surface area contributed by atoms with Crippen molar-refractivity contribution in [2.75, 3.05) is 0 Å². The van der Waals surface area contributed by atoms with Gasteiger partial charge in [-0.25, -0.2) is 0 Å². The Bertz CT molecular complexity index is 1210. The number of carbonyl (C=O) groups is 1. The first-order valence-electron chi connectivity index (χ1n) is 13.0. The zero-order chi connectivity index (χ0) is 25.3. The Hall–Kier alpha value is -3.02. The number of hydrogen-bond acceptors (Lipinski definition) is 1. The number of rotatable bonds is 7. The minimum atomic E-state index is -4.38. The van der Waals surface area contributed by atoms with Crippen molar-refractivity contribution in [3.63, 3.8) is 0 Å². The summed E-state index contributed by atoms with van der Waals surface area (Å²) in [6.45, 7) is 0. The predicted octanol–water partition coefficient (Wildman–Crippen LogP) is 7.50. The average molecular weight is 496 g/mol. The van der Waals surface area contributed by atoms with Gasteiger partial charge >= 0.3 is 12.1 Å². The number of nitrogens with zero attached hydrogens (tertiary/aromatic N) is 1. The van der Waals surface area contributed by atoms with Crippen molar-refractivity contribution in [3.05, 3.63) is 93.8 Å². The molecule has 1 N–H and O–H groups in total. The van der Waals surface area contributed by atoms with Crippen LogP contribution in [-0.2, 0) is 36.7 Å². The summed E-state index contributed by atoms with van der Waals surface area (Å²) in [4.78, 5) is 11.8. The zero-order valence-corrected chi connectivity index (χ0v) is 20.4.